The molecule has 5 amide bonds. The van der Waals surface area contributed by atoms with Crippen LogP contribution in [0.5, 0.6) is 0 Å². The van der Waals surface area contributed by atoms with E-state index in [-0.39, 0.29) is 11.5 Å². The quantitative estimate of drug-likeness (QED) is 0.668. The highest BCUT2D eigenvalue weighted by molar-refractivity contribution is 6.53. The fraction of sp³-hybridized carbons (Fsp3) is 0.0625. The van der Waals surface area contributed by atoms with Crippen LogP contribution in [-0.4, -0.2) is 40.2 Å². The molecule has 1 N–H and O–H groups in total. The van der Waals surface area contributed by atoms with Gasteiger partial charge in [-0.2, -0.15) is 0 Å². The molecule has 0 bridgehead atoms. The molecule has 2 heterocycles. The Morgan fingerprint density at radius 3 is 2.33 bits per heavy atom. The number of anilines is 2. The molecule has 0 radical (unpaired) electrons. The van der Waals surface area contributed by atoms with E-state index in [0.717, 1.165) is 4.90 Å². The van der Waals surface area contributed by atoms with E-state index in [9.17, 15) is 19.2 Å². The third-order valence-corrected chi connectivity index (χ3v) is 3.30. The van der Waals surface area contributed by atoms with E-state index >= 15 is 0 Å². The molecule has 3 rings (SSSR count). The number of amides is 5. The second-order valence-corrected chi connectivity index (χ2v) is 4.91. The predicted octanol–water partition coefficient (Wildman–Crippen LogP) is 1.02. The molecule has 1 aromatic heterocycles. The van der Waals surface area contributed by atoms with Gasteiger partial charge in [-0.3, -0.25) is 14.4 Å². The fourth-order valence-electron chi connectivity index (χ4n) is 2.21. The zero-order chi connectivity index (χ0) is 17.1. The second-order valence-electron chi connectivity index (χ2n) is 4.91. The normalized spacial score (nSPS) is 14.2. The van der Waals surface area contributed by atoms with Crippen LogP contribution in [0.15, 0.2) is 54.7 Å². The van der Waals surface area contributed by atoms with E-state index in [2.05, 4.69) is 10.3 Å². The van der Waals surface area contributed by atoms with Crippen LogP contribution in [0.25, 0.3) is 0 Å². The lowest BCUT2D eigenvalue weighted by atomic mass is 10.3. The summed E-state index contributed by atoms with van der Waals surface area (Å²) >= 11 is 0. The molecule has 0 aliphatic carbocycles. The van der Waals surface area contributed by atoms with Crippen LogP contribution in [-0.2, 0) is 14.4 Å². The first-order valence-corrected chi connectivity index (χ1v) is 7.04. The highest BCUT2D eigenvalue weighted by Gasteiger charge is 2.46. The highest BCUT2D eigenvalue weighted by atomic mass is 16.2. The molecule has 1 saturated heterocycles. The molecule has 1 aromatic carbocycles. The maximum absolute atomic E-state index is 12.3. The maximum Gasteiger partial charge on any atom is 0.339 e. The number of aromatic nitrogens is 1. The minimum atomic E-state index is -1.04. The standard InChI is InChI=1S/C16H12N4O4/c21-13(18-12-8-4-5-9-17-12)10-19-14(22)15(23)20(16(19)24)11-6-2-1-3-7-11/h1-9H,10H2,(H,17,18,21). The highest BCUT2D eigenvalue weighted by Crippen LogP contribution is 2.21. The first-order valence-electron chi connectivity index (χ1n) is 7.04. The van der Waals surface area contributed by atoms with Crippen molar-refractivity contribution >= 4 is 35.3 Å². The van der Waals surface area contributed by atoms with Crippen molar-refractivity contribution in [2.75, 3.05) is 16.8 Å². The van der Waals surface area contributed by atoms with Crippen molar-refractivity contribution in [3.63, 3.8) is 0 Å². The van der Waals surface area contributed by atoms with Crippen LogP contribution in [0.4, 0.5) is 16.3 Å². The molecule has 0 unspecified atom stereocenters. The minimum absolute atomic E-state index is 0.272. The molecule has 0 atom stereocenters. The molecule has 1 aliphatic rings. The molecule has 2 aromatic rings. The summed E-state index contributed by atoms with van der Waals surface area (Å²) in [7, 11) is 0. The summed E-state index contributed by atoms with van der Waals surface area (Å²) in [5.41, 5.74) is 0.272. The first kappa shape index (κ1) is 15.3. The Labute approximate surface area is 136 Å². The van der Waals surface area contributed by atoms with Gasteiger partial charge in [0.05, 0.1) is 5.69 Å². The lowest BCUT2D eigenvalue weighted by Crippen LogP contribution is -2.39. The van der Waals surface area contributed by atoms with Crippen molar-refractivity contribution in [1.29, 1.82) is 0 Å². The van der Waals surface area contributed by atoms with Crippen LogP contribution in [0.3, 0.4) is 0 Å². The zero-order valence-corrected chi connectivity index (χ0v) is 12.4. The predicted molar refractivity (Wildman–Crippen MR) is 83.9 cm³/mol. The number of benzene rings is 1. The summed E-state index contributed by atoms with van der Waals surface area (Å²) < 4.78 is 0. The summed E-state index contributed by atoms with van der Waals surface area (Å²) in [5.74, 6) is -2.37. The maximum atomic E-state index is 12.3. The number of rotatable bonds is 4. The van der Waals surface area contributed by atoms with Crippen LogP contribution in [0.2, 0.25) is 0 Å². The molecular formula is C16H12N4O4. The Morgan fingerprint density at radius 1 is 0.958 bits per heavy atom. The van der Waals surface area contributed by atoms with Crippen LogP contribution in [0, 0.1) is 0 Å². The number of nitrogens with zero attached hydrogens (tertiary/aromatic N) is 3. The largest absolute Gasteiger partial charge is 0.339 e. The lowest BCUT2D eigenvalue weighted by Gasteiger charge is -2.15. The van der Waals surface area contributed by atoms with Crippen molar-refractivity contribution in [2.45, 2.75) is 0 Å². The monoisotopic (exact) mass is 324 g/mol. The van der Waals surface area contributed by atoms with Crippen LogP contribution in [0.1, 0.15) is 0 Å². The molecule has 8 heteroatoms. The molecular weight excluding hydrogens is 312 g/mol. The third-order valence-electron chi connectivity index (χ3n) is 3.30. The number of para-hydroxylation sites is 1. The SMILES string of the molecule is O=C(CN1C(=O)C(=O)N(c2ccccc2)C1=O)Nc1ccccn1. The topological polar surface area (TPSA) is 99.7 Å². The van der Waals surface area contributed by atoms with Gasteiger partial charge in [0.1, 0.15) is 12.4 Å². The lowest BCUT2D eigenvalue weighted by molar-refractivity contribution is -0.140. The Kier molecular flexibility index (Phi) is 4.02. The molecule has 0 spiro atoms. The van der Waals surface area contributed by atoms with Gasteiger partial charge in [0.2, 0.25) is 5.91 Å². The fourth-order valence-corrected chi connectivity index (χ4v) is 2.21. The summed E-state index contributed by atoms with van der Waals surface area (Å²) in [5, 5.41) is 2.45. The van der Waals surface area contributed by atoms with Gasteiger partial charge in [-0.25, -0.2) is 19.6 Å². The van der Waals surface area contributed by atoms with Crippen molar-refractivity contribution < 1.29 is 19.2 Å². The Balaban J connectivity index is 1.74. The van der Waals surface area contributed by atoms with E-state index < -0.39 is 30.3 Å². The number of carbonyl (C=O) groups excluding carboxylic acids is 4. The van der Waals surface area contributed by atoms with Crippen LogP contribution < -0.4 is 10.2 Å². The van der Waals surface area contributed by atoms with E-state index in [1.807, 2.05) is 0 Å². The number of hydrogen-bond donors (Lipinski definition) is 1. The van der Waals surface area contributed by atoms with E-state index in [1.165, 1.54) is 18.3 Å². The Morgan fingerprint density at radius 2 is 1.67 bits per heavy atom. The molecule has 0 saturated carbocycles. The number of nitrogens with one attached hydrogen (secondary N) is 1. The first-order chi connectivity index (χ1) is 11.6. The smallest absolute Gasteiger partial charge is 0.309 e. The van der Waals surface area contributed by atoms with Gasteiger partial charge in [-0.15, -0.1) is 0 Å². The van der Waals surface area contributed by atoms with Gasteiger partial charge in [0.25, 0.3) is 0 Å². The molecule has 120 valence electrons. The van der Waals surface area contributed by atoms with Gasteiger partial charge in [0, 0.05) is 6.20 Å². The minimum Gasteiger partial charge on any atom is -0.309 e. The van der Waals surface area contributed by atoms with E-state index in [1.54, 1.807) is 36.4 Å². The Bertz CT molecular complexity index is 807. The summed E-state index contributed by atoms with van der Waals surface area (Å²) in [6.07, 6.45) is 1.49. The van der Waals surface area contributed by atoms with Crippen molar-refractivity contribution in [3.05, 3.63) is 54.7 Å². The van der Waals surface area contributed by atoms with E-state index in [0.29, 0.717) is 4.90 Å². The summed E-state index contributed by atoms with van der Waals surface area (Å²) in [4.78, 5) is 53.6. The van der Waals surface area contributed by atoms with Crippen molar-refractivity contribution in [2.24, 2.45) is 0 Å². The second kappa shape index (κ2) is 6.29. The molecule has 1 aliphatic heterocycles. The number of hydrogen-bond acceptors (Lipinski definition) is 5. The van der Waals surface area contributed by atoms with Crippen molar-refractivity contribution in [3.8, 4) is 0 Å². The molecule has 24 heavy (non-hydrogen) atoms. The summed E-state index contributed by atoms with van der Waals surface area (Å²) in [6, 6.07) is 12.1. The summed E-state index contributed by atoms with van der Waals surface area (Å²) in [6.45, 7) is -0.566. The van der Waals surface area contributed by atoms with Gasteiger partial charge >= 0.3 is 17.8 Å². The Hall–Kier alpha value is -3.55. The van der Waals surface area contributed by atoms with Crippen molar-refractivity contribution in [1.82, 2.24) is 9.88 Å². The van der Waals surface area contributed by atoms with Gasteiger partial charge in [-0.1, -0.05) is 24.3 Å². The number of urea groups is 1. The molecule has 1 fully saturated rings. The number of imide groups is 2. The average molecular weight is 324 g/mol. The molecule has 8 nitrogen and oxygen atoms in total. The van der Waals surface area contributed by atoms with E-state index in [4.69, 9.17) is 0 Å². The average Bonchev–Trinajstić information content (AvgIpc) is 2.80. The van der Waals surface area contributed by atoms with Crippen LogP contribution >= 0.6 is 0 Å². The zero-order valence-electron chi connectivity index (χ0n) is 12.4. The van der Waals surface area contributed by atoms with Gasteiger partial charge in [-0.05, 0) is 24.3 Å². The van der Waals surface area contributed by atoms with Gasteiger partial charge in [0.15, 0.2) is 0 Å². The number of carbonyl (C=O) groups is 4. The third kappa shape index (κ3) is 2.84. The van der Waals surface area contributed by atoms with Gasteiger partial charge < -0.3 is 5.32 Å². The number of pyridine rings is 1.